The molecule has 4 rings (SSSR count). The van der Waals surface area contributed by atoms with E-state index < -0.39 is 17.9 Å². The highest BCUT2D eigenvalue weighted by Gasteiger charge is 2.37. The monoisotopic (exact) mass is 418 g/mol. The van der Waals surface area contributed by atoms with Crippen molar-refractivity contribution in [2.75, 3.05) is 23.3 Å². The van der Waals surface area contributed by atoms with Gasteiger partial charge in [0.25, 0.3) is 0 Å². The first-order chi connectivity index (χ1) is 14.4. The van der Waals surface area contributed by atoms with Crippen LogP contribution in [0.25, 0.3) is 0 Å². The zero-order chi connectivity index (χ0) is 21.3. The zero-order valence-electron chi connectivity index (χ0n) is 16.1. The van der Waals surface area contributed by atoms with Crippen molar-refractivity contribution in [2.45, 2.75) is 37.6 Å². The lowest BCUT2D eigenvalue weighted by atomic mass is 10.0. The van der Waals surface area contributed by atoms with Crippen LogP contribution in [0.4, 0.5) is 24.7 Å². The smallest absolute Gasteiger partial charge is 0.356 e. The van der Waals surface area contributed by atoms with Crippen molar-refractivity contribution in [1.82, 2.24) is 9.88 Å². The molecular formula is C21H21F3N4O2. The van der Waals surface area contributed by atoms with E-state index in [9.17, 15) is 22.8 Å². The molecule has 1 fully saturated rings. The molecule has 1 unspecified atom stereocenters. The minimum Gasteiger partial charge on any atom is -0.356 e. The second-order valence-corrected chi connectivity index (χ2v) is 7.49. The number of carbonyl (C=O) groups is 2. The van der Waals surface area contributed by atoms with Crippen molar-refractivity contribution in [2.24, 2.45) is 0 Å². The number of aldehydes is 1. The van der Waals surface area contributed by atoms with Crippen LogP contribution in [-0.2, 0) is 22.2 Å². The van der Waals surface area contributed by atoms with Crippen LogP contribution in [0, 0.1) is 0 Å². The first-order valence-electron chi connectivity index (χ1n) is 9.76. The van der Waals surface area contributed by atoms with Crippen LogP contribution in [0.5, 0.6) is 0 Å². The number of alkyl halides is 3. The van der Waals surface area contributed by atoms with E-state index >= 15 is 0 Å². The fourth-order valence-electron chi connectivity index (χ4n) is 4.07. The normalized spacial score (nSPS) is 19.4. The minimum absolute atomic E-state index is 0.0649. The average Bonchev–Trinajstić information content (AvgIpc) is 3.12. The predicted octanol–water partition coefficient (Wildman–Crippen LogP) is 3.09. The van der Waals surface area contributed by atoms with E-state index in [4.69, 9.17) is 0 Å². The second kappa shape index (κ2) is 7.97. The molecule has 158 valence electrons. The van der Waals surface area contributed by atoms with Gasteiger partial charge in [0.05, 0.1) is 17.7 Å². The Morgan fingerprint density at radius 3 is 2.50 bits per heavy atom. The number of carbonyl (C=O) groups excluding carboxylic acids is 2. The van der Waals surface area contributed by atoms with Gasteiger partial charge in [0.1, 0.15) is 0 Å². The molecule has 0 saturated carbocycles. The molecule has 9 heteroatoms. The third-order valence-corrected chi connectivity index (χ3v) is 5.61. The lowest BCUT2D eigenvalue weighted by molar-refractivity contribution is -0.137. The first-order valence-corrected chi connectivity index (χ1v) is 9.76. The van der Waals surface area contributed by atoms with Crippen LogP contribution in [0.3, 0.4) is 0 Å². The highest BCUT2D eigenvalue weighted by atomic mass is 19.4. The number of hydrogen-bond acceptors (Lipinski definition) is 5. The molecule has 1 amide bonds. The molecule has 1 aromatic carbocycles. The lowest BCUT2D eigenvalue weighted by Crippen LogP contribution is -2.51. The molecule has 3 heterocycles. The summed E-state index contributed by atoms with van der Waals surface area (Å²) in [6, 6.07) is 8.44. The van der Waals surface area contributed by atoms with E-state index in [1.54, 1.807) is 17.2 Å². The summed E-state index contributed by atoms with van der Waals surface area (Å²) in [6.45, 7) is 1.04. The molecule has 30 heavy (non-hydrogen) atoms. The van der Waals surface area contributed by atoms with E-state index in [0.29, 0.717) is 31.5 Å². The van der Waals surface area contributed by atoms with Crippen molar-refractivity contribution < 1.29 is 22.8 Å². The molecule has 0 bridgehead atoms. The Balaban J connectivity index is 1.36. The Labute approximate surface area is 171 Å². The van der Waals surface area contributed by atoms with Gasteiger partial charge in [-0.25, -0.2) is 4.98 Å². The SMILES string of the molecule is O=CC1Nc2cccnc2N1C1CCN(C(=O)Cc2ccc(C(F)(F)F)cc2)CC1. The molecule has 0 aliphatic carbocycles. The number of pyridine rings is 1. The lowest BCUT2D eigenvalue weighted by Gasteiger charge is -2.38. The second-order valence-electron chi connectivity index (χ2n) is 7.49. The summed E-state index contributed by atoms with van der Waals surface area (Å²) in [5.41, 5.74) is 0.644. The van der Waals surface area contributed by atoms with Gasteiger partial charge in [-0.15, -0.1) is 0 Å². The van der Waals surface area contributed by atoms with Crippen LogP contribution < -0.4 is 10.2 Å². The Morgan fingerprint density at radius 1 is 1.17 bits per heavy atom. The van der Waals surface area contributed by atoms with Crippen LogP contribution in [-0.4, -0.2) is 47.4 Å². The maximum atomic E-state index is 12.7. The number of hydrogen-bond donors (Lipinski definition) is 1. The molecule has 1 N–H and O–H groups in total. The van der Waals surface area contributed by atoms with Gasteiger partial charge in [-0.3, -0.25) is 9.59 Å². The molecule has 6 nitrogen and oxygen atoms in total. The Bertz CT molecular complexity index is 925. The van der Waals surface area contributed by atoms with Crippen LogP contribution in [0.15, 0.2) is 42.6 Å². The van der Waals surface area contributed by atoms with E-state index in [-0.39, 0.29) is 18.4 Å². The standard InChI is InChI=1S/C21H21F3N4O2/c22-21(23,24)15-5-3-14(4-6-15)12-19(30)27-10-7-16(8-11-27)28-18(13-29)26-17-2-1-9-25-20(17)28/h1-6,9,13,16,18,26H,7-8,10-12H2. The average molecular weight is 418 g/mol. The van der Waals surface area contributed by atoms with Gasteiger partial charge in [0.15, 0.2) is 18.3 Å². The van der Waals surface area contributed by atoms with Gasteiger partial charge in [-0.1, -0.05) is 12.1 Å². The molecule has 1 saturated heterocycles. The maximum absolute atomic E-state index is 12.7. The van der Waals surface area contributed by atoms with Crippen molar-refractivity contribution in [3.8, 4) is 0 Å². The molecule has 1 aromatic heterocycles. The summed E-state index contributed by atoms with van der Waals surface area (Å²) in [7, 11) is 0. The fourth-order valence-corrected chi connectivity index (χ4v) is 4.07. The summed E-state index contributed by atoms with van der Waals surface area (Å²) in [4.78, 5) is 32.2. The molecule has 1 atom stereocenters. The minimum atomic E-state index is -4.39. The van der Waals surface area contributed by atoms with Gasteiger partial charge in [-0.05, 0) is 42.7 Å². The van der Waals surface area contributed by atoms with Gasteiger partial charge in [-0.2, -0.15) is 13.2 Å². The number of likely N-dealkylation sites (tertiary alicyclic amines) is 1. The highest BCUT2D eigenvalue weighted by Crippen LogP contribution is 2.35. The molecular weight excluding hydrogens is 397 g/mol. The number of benzene rings is 1. The van der Waals surface area contributed by atoms with Gasteiger partial charge < -0.3 is 15.1 Å². The van der Waals surface area contributed by atoms with Crippen molar-refractivity contribution in [3.05, 3.63) is 53.7 Å². The van der Waals surface area contributed by atoms with Gasteiger partial charge in [0, 0.05) is 25.3 Å². The number of anilines is 2. The van der Waals surface area contributed by atoms with E-state index in [1.807, 2.05) is 11.0 Å². The summed E-state index contributed by atoms with van der Waals surface area (Å²) in [5.74, 6) is 0.627. The molecule has 2 aromatic rings. The Morgan fingerprint density at radius 2 is 1.87 bits per heavy atom. The van der Waals surface area contributed by atoms with Crippen molar-refractivity contribution >= 4 is 23.7 Å². The predicted molar refractivity (Wildman–Crippen MR) is 105 cm³/mol. The highest BCUT2D eigenvalue weighted by molar-refractivity contribution is 5.82. The van der Waals surface area contributed by atoms with Crippen molar-refractivity contribution in [3.63, 3.8) is 0 Å². The quantitative estimate of drug-likeness (QED) is 0.773. The number of aromatic nitrogens is 1. The third-order valence-electron chi connectivity index (χ3n) is 5.61. The number of rotatable bonds is 4. The first kappa shape index (κ1) is 20.2. The topological polar surface area (TPSA) is 65.5 Å². The molecule has 0 radical (unpaired) electrons. The van der Waals surface area contributed by atoms with E-state index in [2.05, 4.69) is 10.3 Å². The molecule has 0 spiro atoms. The molecule has 2 aliphatic heterocycles. The maximum Gasteiger partial charge on any atom is 0.416 e. The van der Waals surface area contributed by atoms with Gasteiger partial charge in [0.2, 0.25) is 5.91 Å². The Hall–Kier alpha value is -3.10. The van der Waals surface area contributed by atoms with Crippen molar-refractivity contribution in [1.29, 1.82) is 0 Å². The summed E-state index contributed by atoms with van der Waals surface area (Å²) in [5, 5.41) is 3.15. The largest absolute Gasteiger partial charge is 0.416 e. The number of fused-ring (bicyclic) bond motifs is 1. The van der Waals surface area contributed by atoms with E-state index in [0.717, 1.165) is 29.9 Å². The summed E-state index contributed by atoms with van der Waals surface area (Å²) in [6.07, 6.45) is -0.902. The number of amides is 1. The van der Waals surface area contributed by atoms with Crippen LogP contribution >= 0.6 is 0 Å². The van der Waals surface area contributed by atoms with Crippen LogP contribution in [0.1, 0.15) is 24.0 Å². The van der Waals surface area contributed by atoms with Crippen LogP contribution in [0.2, 0.25) is 0 Å². The summed E-state index contributed by atoms with van der Waals surface area (Å²) >= 11 is 0. The van der Waals surface area contributed by atoms with E-state index in [1.165, 1.54) is 12.1 Å². The number of nitrogens with one attached hydrogen (secondary N) is 1. The summed E-state index contributed by atoms with van der Waals surface area (Å²) < 4.78 is 38.0. The Kier molecular flexibility index (Phi) is 5.36. The zero-order valence-corrected chi connectivity index (χ0v) is 16.1. The third kappa shape index (κ3) is 3.96. The fraction of sp³-hybridized carbons (Fsp3) is 0.381. The number of nitrogens with zero attached hydrogens (tertiary/aromatic N) is 3. The number of halogens is 3. The van der Waals surface area contributed by atoms with Gasteiger partial charge >= 0.3 is 6.18 Å². The number of piperidine rings is 1. The molecule has 2 aliphatic rings.